The average Bonchev–Trinajstić information content (AvgIpc) is 3.20. The van der Waals surface area contributed by atoms with Crippen LogP contribution >= 0.6 is 11.3 Å². The molecule has 34 heavy (non-hydrogen) atoms. The fraction of sp³-hybridized carbons (Fsp3) is 0.261. The van der Waals surface area contributed by atoms with Gasteiger partial charge < -0.3 is 19.5 Å². The zero-order valence-electron chi connectivity index (χ0n) is 18.1. The van der Waals surface area contributed by atoms with Crippen molar-refractivity contribution in [2.75, 3.05) is 18.5 Å². The molecule has 2 aromatic carbocycles. The fourth-order valence-corrected chi connectivity index (χ4v) is 4.10. The quantitative estimate of drug-likeness (QED) is 0.499. The van der Waals surface area contributed by atoms with Gasteiger partial charge in [0.25, 0.3) is 5.91 Å². The van der Waals surface area contributed by atoms with E-state index in [4.69, 9.17) is 14.2 Å². The van der Waals surface area contributed by atoms with Crippen molar-refractivity contribution in [3.05, 3.63) is 58.6 Å². The van der Waals surface area contributed by atoms with Crippen LogP contribution in [-0.2, 0) is 15.7 Å². The van der Waals surface area contributed by atoms with E-state index in [2.05, 4.69) is 10.3 Å². The number of ether oxygens (including phenoxy) is 3. The van der Waals surface area contributed by atoms with E-state index in [0.717, 1.165) is 23.5 Å². The van der Waals surface area contributed by atoms with E-state index in [1.807, 2.05) is 0 Å². The normalized spacial score (nSPS) is 13.8. The summed E-state index contributed by atoms with van der Waals surface area (Å²) in [5.41, 5.74) is 0.464. The number of carbonyl (C=O) groups excluding carboxylic acids is 2. The largest absolute Gasteiger partial charge is 0.486 e. The number of carbonyl (C=O) groups is 2. The van der Waals surface area contributed by atoms with Crippen molar-refractivity contribution >= 4 is 28.9 Å². The average molecular weight is 492 g/mol. The minimum atomic E-state index is -4.44. The Morgan fingerprint density at radius 2 is 1.76 bits per heavy atom. The topological polar surface area (TPSA) is 86.8 Å². The molecule has 0 fully saturated rings. The first-order chi connectivity index (χ1) is 16.1. The van der Waals surface area contributed by atoms with Crippen molar-refractivity contribution in [3.63, 3.8) is 0 Å². The molecular weight excluding hydrogens is 473 g/mol. The molecule has 0 saturated carbocycles. The zero-order valence-corrected chi connectivity index (χ0v) is 18.9. The highest BCUT2D eigenvalue weighted by atomic mass is 32.1. The summed E-state index contributed by atoms with van der Waals surface area (Å²) >= 11 is 0.978. The number of anilines is 1. The summed E-state index contributed by atoms with van der Waals surface area (Å²) < 4.78 is 54.5. The Balaban J connectivity index is 1.41. The van der Waals surface area contributed by atoms with Gasteiger partial charge in [0.1, 0.15) is 23.1 Å². The van der Waals surface area contributed by atoms with E-state index >= 15 is 0 Å². The third kappa shape index (κ3) is 5.14. The van der Waals surface area contributed by atoms with Crippen LogP contribution in [-0.4, -0.2) is 36.2 Å². The lowest BCUT2D eigenvalue weighted by Crippen LogP contribution is -2.30. The van der Waals surface area contributed by atoms with Crippen molar-refractivity contribution < 1.29 is 37.0 Å². The van der Waals surface area contributed by atoms with Gasteiger partial charge in [-0.05, 0) is 38.1 Å². The molecule has 0 radical (unpaired) electrons. The lowest BCUT2D eigenvalue weighted by molar-refractivity contribution is -0.137. The highest BCUT2D eigenvalue weighted by Crippen LogP contribution is 2.34. The predicted molar refractivity (Wildman–Crippen MR) is 118 cm³/mol. The lowest BCUT2D eigenvalue weighted by Gasteiger charge is -2.19. The summed E-state index contributed by atoms with van der Waals surface area (Å²) in [6.45, 7) is 3.86. The van der Waals surface area contributed by atoms with Crippen LogP contribution in [0.5, 0.6) is 11.5 Å². The summed E-state index contributed by atoms with van der Waals surface area (Å²) in [6, 6.07) is 9.42. The number of alkyl halides is 3. The molecule has 2 heterocycles. The smallest absolute Gasteiger partial charge is 0.416 e. The third-order valence-corrected chi connectivity index (χ3v) is 6.09. The van der Waals surface area contributed by atoms with E-state index in [0.29, 0.717) is 46.7 Å². The minimum Gasteiger partial charge on any atom is -0.486 e. The first-order valence-corrected chi connectivity index (χ1v) is 11.0. The predicted octanol–water partition coefficient (Wildman–Crippen LogP) is 5.09. The van der Waals surface area contributed by atoms with Gasteiger partial charge >= 0.3 is 12.1 Å². The number of nitrogens with zero attached hydrogens (tertiary/aromatic N) is 1. The number of rotatable bonds is 5. The number of esters is 1. The molecule has 11 heteroatoms. The molecule has 0 spiro atoms. The number of fused-ring (bicyclic) bond motifs is 1. The highest BCUT2D eigenvalue weighted by molar-refractivity contribution is 7.17. The zero-order chi connectivity index (χ0) is 24.5. The fourth-order valence-electron chi connectivity index (χ4n) is 3.14. The van der Waals surface area contributed by atoms with Gasteiger partial charge in [0, 0.05) is 17.3 Å². The number of hydrogen-bond donors (Lipinski definition) is 1. The molecule has 1 amide bonds. The van der Waals surface area contributed by atoms with Crippen molar-refractivity contribution in [1.82, 2.24) is 4.98 Å². The SMILES string of the molecule is Cc1nc(-c2ccc(C(F)(F)F)cc2)sc1C(=O)OC(C)C(=O)Nc1ccc2c(c1)OCCO2. The Morgan fingerprint density at radius 3 is 2.44 bits per heavy atom. The van der Waals surface area contributed by atoms with Crippen LogP contribution in [0.15, 0.2) is 42.5 Å². The van der Waals surface area contributed by atoms with Gasteiger partial charge in [-0.3, -0.25) is 4.79 Å². The monoisotopic (exact) mass is 492 g/mol. The number of thiazole rings is 1. The molecule has 3 aromatic rings. The van der Waals surface area contributed by atoms with E-state index in [-0.39, 0.29) is 4.88 Å². The molecule has 1 aliphatic heterocycles. The second kappa shape index (κ2) is 9.34. The number of aromatic nitrogens is 1. The molecule has 178 valence electrons. The van der Waals surface area contributed by atoms with E-state index < -0.39 is 29.7 Å². The summed E-state index contributed by atoms with van der Waals surface area (Å²) in [4.78, 5) is 29.6. The van der Waals surface area contributed by atoms with Crippen LogP contribution in [0.2, 0.25) is 0 Å². The van der Waals surface area contributed by atoms with Gasteiger partial charge in [0.2, 0.25) is 0 Å². The van der Waals surface area contributed by atoms with Crippen molar-refractivity contribution in [1.29, 1.82) is 0 Å². The molecule has 1 aromatic heterocycles. The number of hydrogen-bond acceptors (Lipinski definition) is 7. The molecule has 4 rings (SSSR count). The van der Waals surface area contributed by atoms with Gasteiger partial charge in [-0.2, -0.15) is 13.2 Å². The Bertz CT molecular complexity index is 1220. The Morgan fingerprint density at radius 1 is 1.09 bits per heavy atom. The van der Waals surface area contributed by atoms with Gasteiger partial charge in [-0.25, -0.2) is 9.78 Å². The van der Waals surface area contributed by atoms with Crippen LogP contribution in [0.25, 0.3) is 10.6 Å². The number of amides is 1. The highest BCUT2D eigenvalue weighted by Gasteiger charge is 2.30. The van der Waals surface area contributed by atoms with E-state index in [1.54, 1.807) is 25.1 Å². The summed E-state index contributed by atoms with van der Waals surface area (Å²) in [6.07, 6.45) is -5.56. The number of aryl methyl sites for hydroxylation is 1. The summed E-state index contributed by atoms with van der Waals surface area (Å²) in [5.74, 6) is -0.217. The molecule has 0 bridgehead atoms. The van der Waals surface area contributed by atoms with Gasteiger partial charge in [-0.1, -0.05) is 12.1 Å². The van der Waals surface area contributed by atoms with Gasteiger partial charge in [-0.15, -0.1) is 11.3 Å². The van der Waals surface area contributed by atoms with Crippen molar-refractivity contribution in [3.8, 4) is 22.1 Å². The van der Waals surface area contributed by atoms with Crippen molar-refractivity contribution in [2.24, 2.45) is 0 Å². The third-order valence-electron chi connectivity index (χ3n) is 4.90. The standard InChI is InChI=1S/C23H19F3N2O5S/c1-12-19(34-21(27-12)14-3-5-15(6-4-14)23(24,25)26)22(30)33-13(2)20(29)28-16-7-8-17-18(11-16)32-10-9-31-17/h3-8,11,13H,9-10H2,1-2H3,(H,28,29). The Hall–Kier alpha value is -3.60. The Kier molecular flexibility index (Phi) is 6.47. The lowest BCUT2D eigenvalue weighted by atomic mass is 10.1. The van der Waals surface area contributed by atoms with Crippen LogP contribution in [0.3, 0.4) is 0 Å². The Labute approximate surface area is 196 Å². The van der Waals surface area contributed by atoms with E-state index in [9.17, 15) is 22.8 Å². The maximum atomic E-state index is 12.8. The molecular formula is C23H19F3N2O5S. The van der Waals surface area contributed by atoms with Crippen LogP contribution in [0.1, 0.15) is 27.9 Å². The first-order valence-electron chi connectivity index (χ1n) is 10.2. The van der Waals surface area contributed by atoms with Crippen LogP contribution in [0, 0.1) is 6.92 Å². The maximum Gasteiger partial charge on any atom is 0.416 e. The maximum absolute atomic E-state index is 12.8. The molecule has 0 saturated heterocycles. The van der Waals surface area contributed by atoms with Gasteiger partial charge in [0.05, 0.1) is 11.3 Å². The molecule has 1 aliphatic rings. The summed E-state index contributed by atoms with van der Waals surface area (Å²) in [7, 11) is 0. The first kappa shape index (κ1) is 23.6. The van der Waals surface area contributed by atoms with E-state index in [1.165, 1.54) is 19.1 Å². The molecule has 1 atom stereocenters. The van der Waals surface area contributed by atoms with Crippen LogP contribution < -0.4 is 14.8 Å². The molecule has 0 aliphatic carbocycles. The summed E-state index contributed by atoms with van der Waals surface area (Å²) in [5, 5.41) is 3.02. The van der Waals surface area contributed by atoms with Crippen LogP contribution in [0.4, 0.5) is 18.9 Å². The molecule has 1 N–H and O–H groups in total. The number of nitrogens with one attached hydrogen (secondary N) is 1. The minimum absolute atomic E-state index is 0.161. The molecule has 1 unspecified atom stereocenters. The van der Waals surface area contributed by atoms with Gasteiger partial charge in [0.15, 0.2) is 17.6 Å². The van der Waals surface area contributed by atoms with Crippen molar-refractivity contribution in [2.45, 2.75) is 26.1 Å². The molecule has 7 nitrogen and oxygen atoms in total. The number of benzene rings is 2. The second-order valence-corrected chi connectivity index (χ2v) is 8.40. The number of halogens is 3. The second-order valence-electron chi connectivity index (χ2n) is 7.40.